The molecular weight excluding hydrogens is 288 g/mol. The van der Waals surface area contributed by atoms with E-state index in [-0.39, 0.29) is 24.5 Å². The highest BCUT2D eigenvalue weighted by atomic mass is 32.2. The second-order valence-electron chi connectivity index (χ2n) is 5.58. The summed E-state index contributed by atoms with van der Waals surface area (Å²) in [6.07, 6.45) is 4.01. The van der Waals surface area contributed by atoms with Gasteiger partial charge in [0, 0.05) is 0 Å². The van der Waals surface area contributed by atoms with Crippen molar-refractivity contribution in [1.29, 1.82) is 0 Å². The average molecular weight is 312 g/mol. The highest BCUT2D eigenvalue weighted by Gasteiger charge is 2.37. The lowest BCUT2D eigenvalue weighted by atomic mass is 10.1. The minimum atomic E-state index is -3.71. The van der Waals surface area contributed by atoms with E-state index in [2.05, 4.69) is 13.8 Å². The van der Waals surface area contributed by atoms with Gasteiger partial charge in [-0.25, -0.2) is 8.42 Å². The van der Waals surface area contributed by atoms with Crippen LogP contribution in [0, 0.1) is 5.92 Å². The van der Waals surface area contributed by atoms with E-state index in [1.54, 1.807) is 0 Å². The fourth-order valence-electron chi connectivity index (χ4n) is 2.09. The normalized spacial score (nSPS) is 23.0. The van der Waals surface area contributed by atoms with Gasteiger partial charge in [-0.2, -0.15) is 8.42 Å². The maximum atomic E-state index is 11.8. The maximum Gasteiger partial charge on any atom is 0.271 e. The van der Waals surface area contributed by atoms with Crippen LogP contribution >= 0.6 is 0 Å². The van der Waals surface area contributed by atoms with Gasteiger partial charge in [-0.15, -0.1) is 0 Å². The Balaban J connectivity index is 2.25. The molecule has 0 radical (unpaired) electrons. The molecular formula is C12H24O5S2. The molecule has 0 N–H and O–H groups in total. The van der Waals surface area contributed by atoms with Crippen molar-refractivity contribution in [3.05, 3.63) is 0 Å². The van der Waals surface area contributed by atoms with E-state index in [1.165, 1.54) is 0 Å². The van der Waals surface area contributed by atoms with Gasteiger partial charge in [0.1, 0.15) is 5.25 Å². The van der Waals surface area contributed by atoms with Crippen molar-refractivity contribution in [2.24, 2.45) is 5.92 Å². The molecule has 0 aromatic rings. The molecule has 19 heavy (non-hydrogen) atoms. The van der Waals surface area contributed by atoms with E-state index >= 15 is 0 Å². The highest BCUT2D eigenvalue weighted by molar-refractivity contribution is 7.94. The molecule has 1 heterocycles. The SMILES string of the molecule is CC(C)CCCCCOS(=O)(=O)C1CCS(=O)(=O)C1. The van der Waals surface area contributed by atoms with Gasteiger partial charge < -0.3 is 0 Å². The second kappa shape index (κ2) is 7.04. The Labute approximate surface area is 116 Å². The van der Waals surface area contributed by atoms with Crippen LogP contribution < -0.4 is 0 Å². The van der Waals surface area contributed by atoms with E-state index in [4.69, 9.17) is 4.18 Å². The van der Waals surface area contributed by atoms with E-state index in [0.29, 0.717) is 12.3 Å². The number of sulfone groups is 1. The van der Waals surface area contributed by atoms with Crippen molar-refractivity contribution in [1.82, 2.24) is 0 Å². The Morgan fingerprint density at radius 2 is 1.89 bits per heavy atom. The molecule has 0 aromatic carbocycles. The minimum Gasteiger partial charge on any atom is -0.270 e. The number of hydrogen-bond acceptors (Lipinski definition) is 5. The van der Waals surface area contributed by atoms with E-state index < -0.39 is 25.2 Å². The third kappa shape index (κ3) is 6.23. The first kappa shape index (κ1) is 16.9. The van der Waals surface area contributed by atoms with Gasteiger partial charge in [0.25, 0.3) is 10.1 Å². The van der Waals surface area contributed by atoms with Gasteiger partial charge in [0.15, 0.2) is 9.84 Å². The Morgan fingerprint density at radius 1 is 1.21 bits per heavy atom. The Hall–Kier alpha value is -0.140. The summed E-state index contributed by atoms with van der Waals surface area (Å²) in [4.78, 5) is 0. The minimum absolute atomic E-state index is 0.0470. The molecule has 1 rings (SSSR count). The quantitative estimate of drug-likeness (QED) is 0.504. The zero-order chi connectivity index (χ0) is 14.5. The van der Waals surface area contributed by atoms with Gasteiger partial charge >= 0.3 is 0 Å². The van der Waals surface area contributed by atoms with Gasteiger partial charge in [0.05, 0.1) is 18.1 Å². The van der Waals surface area contributed by atoms with E-state index in [9.17, 15) is 16.8 Å². The first-order valence-electron chi connectivity index (χ1n) is 6.81. The van der Waals surface area contributed by atoms with Crippen molar-refractivity contribution in [3.63, 3.8) is 0 Å². The fourth-order valence-corrected chi connectivity index (χ4v) is 6.02. The first-order chi connectivity index (χ1) is 8.73. The van der Waals surface area contributed by atoms with Crippen LogP contribution in [0.1, 0.15) is 46.0 Å². The largest absolute Gasteiger partial charge is 0.271 e. The maximum absolute atomic E-state index is 11.8. The fraction of sp³-hybridized carbons (Fsp3) is 1.00. The van der Waals surface area contributed by atoms with Crippen LogP contribution in [-0.4, -0.2) is 40.2 Å². The van der Waals surface area contributed by atoms with Crippen molar-refractivity contribution in [3.8, 4) is 0 Å². The van der Waals surface area contributed by atoms with Crippen LogP contribution in [-0.2, 0) is 24.1 Å². The molecule has 0 amide bonds. The van der Waals surface area contributed by atoms with Gasteiger partial charge in [0.2, 0.25) is 0 Å². The van der Waals surface area contributed by atoms with Crippen molar-refractivity contribution >= 4 is 20.0 Å². The molecule has 0 bridgehead atoms. The first-order valence-corrected chi connectivity index (χ1v) is 10.1. The molecule has 1 fully saturated rings. The van der Waals surface area contributed by atoms with Crippen molar-refractivity contribution in [2.75, 3.05) is 18.1 Å². The van der Waals surface area contributed by atoms with Crippen molar-refractivity contribution in [2.45, 2.75) is 51.2 Å². The average Bonchev–Trinajstić information content (AvgIpc) is 2.64. The summed E-state index contributed by atoms with van der Waals surface area (Å²) in [5.74, 6) is 0.325. The number of unbranched alkanes of at least 4 members (excludes halogenated alkanes) is 2. The molecule has 0 spiro atoms. The van der Waals surface area contributed by atoms with E-state index in [0.717, 1.165) is 19.3 Å². The second-order valence-corrected chi connectivity index (χ2v) is 9.70. The third-order valence-corrected chi connectivity index (χ3v) is 6.97. The van der Waals surface area contributed by atoms with Gasteiger partial charge in [-0.05, 0) is 18.8 Å². The highest BCUT2D eigenvalue weighted by Crippen LogP contribution is 2.20. The predicted molar refractivity (Wildman–Crippen MR) is 75.2 cm³/mol. The summed E-state index contributed by atoms with van der Waals surface area (Å²) in [5.41, 5.74) is 0. The lowest BCUT2D eigenvalue weighted by molar-refractivity contribution is 0.300. The number of hydrogen-bond donors (Lipinski definition) is 0. The molecule has 1 aliphatic heterocycles. The molecule has 1 atom stereocenters. The summed E-state index contributed by atoms with van der Waals surface area (Å²) in [6, 6.07) is 0. The summed E-state index contributed by atoms with van der Waals surface area (Å²) in [7, 11) is -6.90. The zero-order valence-corrected chi connectivity index (χ0v) is 13.3. The van der Waals surface area contributed by atoms with Crippen LogP contribution in [0.25, 0.3) is 0 Å². The molecule has 114 valence electrons. The molecule has 5 nitrogen and oxygen atoms in total. The summed E-state index contributed by atoms with van der Waals surface area (Å²) in [5, 5.41) is -0.867. The Kier molecular flexibility index (Phi) is 6.26. The molecule has 7 heteroatoms. The lowest BCUT2D eigenvalue weighted by Gasteiger charge is -2.10. The lowest BCUT2D eigenvalue weighted by Crippen LogP contribution is -2.25. The molecule has 0 aromatic heterocycles. The van der Waals surface area contributed by atoms with E-state index in [1.807, 2.05) is 0 Å². The Morgan fingerprint density at radius 3 is 2.42 bits per heavy atom. The Bertz CT molecular complexity index is 464. The van der Waals surface area contributed by atoms with Gasteiger partial charge in [-0.1, -0.05) is 33.1 Å². The molecule has 1 aliphatic rings. The van der Waals surface area contributed by atoms with Crippen LogP contribution in [0.3, 0.4) is 0 Å². The van der Waals surface area contributed by atoms with Crippen LogP contribution in [0.15, 0.2) is 0 Å². The molecule has 1 saturated heterocycles. The van der Waals surface area contributed by atoms with Crippen molar-refractivity contribution < 1.29 is 21.0 Å². The monoisotopic (exact) mass is 312 g/mol. The van der Waals surface area contributed by atoms with Gasteiger partial charge in [-0.3, -0.25) is 4.18 Å². The zero-order valence-electron chi connectivity index (χ0n) is 11.7. The van der Waals surface area contributed by atoms with Crippen LogP contribution in [0.5, 0.6) is 0 Å². The summed E-state index contributed by atoms with van der Waals surface area (Å²) >= 11 is 0. The summed E-state index contributed by atoms with van der Waals surface area (Å²) in [6.45, 7) is 4.47. The predicted octanol–water partition coefficient (Wildman–Crippen LogP) is 1.74. The van der Waals surface area contributed by atoms with Crippen LogP contribution in [0.2, 0.25) is 0 Å². The molecule has 0 aliphatic carbocycles. The topological polar surface area (TPSA) is 77.5 Å². The smallest absolute Gasteiger partial charge is 0.270 e. The molecule has 0 saturated carbocycles. The van der Waals surface area contributed by atoms with Crippen LogP contribution in [0.4, 0.5) is 0 Å². The standard InChI is InChI=1S/C12H24O5S2/c1-11(2)6-4-3-5-8-17-19(15,16)12-7-9-18(13,14)10-12/h11-12H,3-10H2,1-2H3. The molecule has 1 unspecified atom stereocenters. The summed E-state index contributed by atoms with van der Waals surface area (Å²) < 4.78 is 51.0. The number of rotatable bonds is 8. The third-order valence-electron chi connectivity index (χ3n) is 3.27.